The SMILES string of the molecule is Cc1cccc([C@H]2C3=CC[C@@H]4C(=O)N(C(N)=O)C(=O)[C@@H]4[C@@H]3C[C@H]3C(=O)N(c4ccccc4)C(=O)[C@@]23C)c1O. The van der Waals surface area contributed by atoms with Crippen LogP contribution in [0.2, 0.25) is 0 Å². The monoisotopic (exact) mass is 513 g/mol. The third-order valence-electron chi connectivity index (χ3n) is 9.09. The Hall–Kier alpha value is -4.27. The van der Waals surface area contributed by atoms with Crippen molar-refractivity contribution in [1.29, 1.82) is 0 Å². The number of aromatic hydroxyl groups is 1. The highest BCUT2D eigenvalue weighted by Crippen LogP contribution is 2.64. The molecule has 9 nitrogen and oxygen atoms in total. The van der Waals surface area contributed by atoms with Crippen LogP contribution in [0.5, 0.6) is 5.75 Å². The molecule has 3 N–H and O–H groups in total. The number of primary amides is 1. The summed E-state index contributed by atoms with van der Waals surface area (Å²) >= 11 is 0. The molecule has 0 aromatic heterocycles. The summed E-state index contributed by atoms with van der Waals surface area (Å²) in [5.41, 5.74) is 6.42. The fraction of sp³-hybridized carbons (Fsp3) is 0.345. The van der Waals surface area contributed by atoms with Crippen molar-refractivity contribution >= 4 is 35.3 Å². The second-order valence-electron chi connectivity index (χ2n) is 10.9. The van der Waals surface area contributed by atoms with Crippen LogP contribution in [0.4, 0.5) is 10.5 Å². The first-order valence-corrected chi connectivity index (χ1v) is 12.7. The number of urea groups is 1. The highest BCUT2D eigenvalue weighted by Gasteiger charge is 2.68. The van der Waals surface area contributed by atoms with Gasteiger partial charge in [0.2, 0.25) is 23.6 Å². The number of benzene rings is 2. The molecule has 6 rings (SSSR count). The zero-order valence-corrected chi connectivity index (χ0v) is 21.0. The third kappa shape index (κ3) is 2.95. The maximum Gasteiger partial charge on any atom is 0.328 e. The van der Waals surface area contributed by atoms with Crippen molar-refractivity contribution in [3.05, 3.63) is 71.3 Å². The molecule has 38 heavy (non-hydrogen) atoms. The quantitative estimate of drug-likeness (QED) is 0.468. The number of carbonyl (C=O) groups excluding carboxylic acids is 5. The van der Waals surface area contributed by atoms with E-state index >= 15 is 0 Å². The summed E-state index contributed by atoms with van der Waals surface area (Å²) in [4.78, 5) is 68.2. The number of nitrogens with two attached hydrogens (primary N) is 1. The zero-order chi connectivity index (χ0) is 27.1. The normalized spacial score (nSPS) is 32.2. The minimum atomic E-state index is -1.25. The summed E-state index contributed by atoms with van der Waals surface area (Å²) in [7, 11) is 0. The van der Waals surface area contributed by atoms with Crippen LogP contribution in [0.3, 0.4) is 0 Å². The van der Waals surface area contributed by atoms with E-state index in [0.29, 0.717) is 21.7 Å². The lowest BCUT2D eigenvalue weighted by atomic mass is 9.51. The van der Waals surface area contributed by atoms with Crippen LogP contribution in [-0.2, 0) is 19.2 Å². The molecule has 6 amide bonds. The minimum absolute atomic E-state index is 0.0205. The van der Waals surface area contributed by atoms with Gasteiger partial charge in [-0.15, -0.1) is 0 Å². The molecule has 9 heteroatoms. The predicted octanol–water partition coefficient (Wildman–Crippen LogP) is 3.01. The van der Waals surface area contributed by atoms with Crippen molar-refractivity contribution in [2.24, 2.45) is 34.8 Å². The van der Waals surface area contributed by atoms with Crippen molar-refractivity contribution in [2.45, 2.75) is 32.6 Å². The number of carbonyl (C=O) groups is 5. The fourth-order valence-electron chi connectivity index (χ4n) is 7.31. The highest BCUT2D eigenvalue weighted by molar-refractivity contribution is 6.24. The Morgan fingerprint density at radius 1 is 0.974 bits per heavy atom. The number of fused-ring (bicyclic) bond motifs is 4. The lowest BCUT2D eigenvalue weighted by molar-refractivity contribution is -0.136. The van der Waals surface area contributed by atoms with E-state index < -0.39 is 52.8 Å². The number of para-hydroxylation sites is 2. The number of nitrogens with zero attached hydrogens (tertiary/aromatic N) is 2. The Bertz CT molecular complexity index is 1470. The van der Waals surface area contributed by atoms with E-state index in [4.69, 9.17) is 5.73 Å². The van der Waals surface area contributed by atoms with E-state index in [9.17, 15) is 29.1 Å². The molecule has 2 aromatic rings. The second-order valence-corrected chi connectivity index (χ2v) is 10.9. The third-order valence-corrected chi connectivity index (χ3v) is 9.09. The van der Waals surface area contributed by atoms with Gasteiger partial charge in [0.25, 0.3) is 0 Å². The van der Waals surface area contributed by atoms with E-state index in [1.807, 2.05) is 6.08 Å². The molecular formula is C29H27N3O6. The van der Waals surface area contributed by atoms with Gasteiger partial charge in [-0.3, -0.25) is 19.2 Å². The molecule has 1 saturated carbocycles. The Morgan fingerprint density at radius 2 is 1.68 bits per heavy atom. The van der Waals surface area contributed by atoms with Gasteiger partial charge in [0.05, 0.1) is 28.9 Å². The van der Waals surface area contributed by atoms with Gasteiger partial charge >= 0.3 is 6.03 Å². The molecule has 2 heterocycles. The molecule has 194 valence electrons. The molecule has 2 aliphatic heterocycles. The first kappa shape index (κ1) is 24.1. The summed E-state index contributed by atoms with van der Waals surface area (Å²) in [5.74, 6) is -5.79. The zero-order valence-electron chi connectivity index (χ0n) is 21.0. The van der Waals surface area contributed by atoms with E-state index in [1.54, 1.807) is 62.4 Å². The van der Waals surface area contributed by atoms with Gasteiger partial charge in [0.1, 0.15) is 5.75 Å². The van der Waals surface area contributed by atoms with Crippen LogP contribution in [0.25, 0.3) is 0 Å². The fourth-order valence-corrected chi connectivity index (χ4v) is 7.31. The average Bonchev–Trinajstić information content (AvgIpc) is 3.26. The average molecular weight is 514 g/mol. The molecule has 2 aromatic carbocycles. The van der Waals surface area contributed by atoms with E-state index in [1.165, 1.54) is 4.90 Å². The van der Waals surface area contributed by atoms with Crippen LogP contribution in [0, 0.1) is 36.0 Å². The first-order valence-electron chi connectivity index (χ1n) is 12.7. The number of allylic oxidation sites excluding steroid dienone is 2. The number of rotatable bonds is 2. The Kier molecular flexibility index (Phi) is 5.14. The number of phenols is 1. The number of likely N-dealkylation sites (tertiary alicyclic amines) is 1. The minimum Gasteiger partial charge on any atom is -0.507 e. The van der Waals surface area contributed by atoms with Crippen molar-refractivity contribution in [2.75, 3.05) is 4.90 Å². The summed E-state index contributed by atoms with van der Waals surface area (Å²) in [6.07, 6.45) is 2.21. The van der Waals surface area contributed by atoms with Crippen LogP contribution in [0.15, 0.2) is 60.2 Å². The molecule has 2 aliphatic carbocycles. The van der Waals surface area contributed by atoms with Gasteiger partial charge in [-0.05, 0) is 50.3 Å². The summed E-state index contributed by atoms with van der Waals surface area (Å²) in [6, 6.07) is 12.8. The van der Waals surface area contributed by atoms with Gasteiger partial charge in [0.15, 0.2) is 0 Å². The van der Waals surface area contributed by atoms with E-state index in [-0.39, 0.29) is 30.4 Å². The van der Waals surface area contributed by atoms with Crippen LogP contribution in [0.1, 0.15) is 36.8 Å². The lowest BCUT2D eigenvalue weighted by Crippen LogP contribution is -2.49. The number of hydrogen-bond donors (Lipinski definition) is 2. The second kappa shape index (κ2) is 8.11. The Labute approximate surface area is 218 Å². The Morgan fingerprint density at radius 3 is 2.37 bits per heavy atom. The van der Waals surface area contributed by atoms with Crippen molar-refractivity contribution in [3.8, 4) is 5.75 Å². The maximum atomic E-state index is 14.2. The van der Waals surface area contributed by atoms with Gasteiger partial charge in [-0.25, -0.2) is 9.69 Å². The van der Waals surface area contributed by atoms with Gasteiger partial charge in [-0.2, -0.15) is 4.90 Å². The standard InChI is InChI=1S/C29H27N3O6/c1-14-7-6-10-18(23(14)33)22-16-11-12-17-21(26(36)32(24(17)34)28(30)38)19(16)13-20-25(35)31(27(37)29(20,22)2)15-8-4-3-5-9-15/h3-11,17,19-22,33H,12-13H2,1-2H3,(H2,30,38)/t17-,19+,20-,21-,22+,29+/m0/s1. The molecule has 0 spiro atoms. The van der Waals surface area contributed by atoms with Crippen molar-refractivity contribution in [3.63, 3.8) is 0 Å². The predicted molar refractivity (Wildman–Crippen MR) is 135 cm³/mol. The molecular weight excluding hydrogens is 486 g/mol. The van der Waals surface area contributed by atoms with Crippen LogP contribution < -0.4 is 10.6 Å². The highest BCUT2D eigenvalue weighted by atomic mass is 16.3. The molecule has 3 fully saturated rings. The molecule has 0 radical (unpaired) electrons. The van der Waals surface area contributed by atoms with E-state index in [0.717, 1.165) is 5.57 Å². The van der Waals surface area contributed by atoms with Gasteiger partial charge in [0, 0.05) is 11.5 Å². The lowest BCUT2D eigenvalue weighted by Gasteiger charge is -2.49. The van der Waals surface area contributed by atoms with Gasteiger partial charge < -0.3 is 10.8 Å². The number of amides is 6. The molecule has 0 unspecified atom stereocenters. The summed E-state index contributed by atoms with van der Waals surface area (Å²) < 4.78 is 0. The van der Waals surface area contributed by atoms with Crippen molar-refractivity contribution < 1.29 is 29.1 Å². The Balaban J connectivity index is 1.55. The number of anilines is 1. The van der Waals surface area contributed by atoms with E-state index in [2.05, 4.69) is 0 Å². The van der Waals surface area contributed by atoms with Crippen LogP contribution in [-0.4, -0.2) is 39.7 Å². The topological polar surface area (TPSA) is 138 Å². The number of imide groups is 4. The smallest absolute Gasteiger partial charge is 0.328 e. The largest absolute Gasteiger partial charge is 0.507 e. The van der Waals surface area contributed by atoms with Crippen LogP contribution >= 0.6 is 0 Å². The summed E-state index contributed by atoms with van der Waals surface area (Å²) in [6.45, 7) is 3.51. The first-order chi connectivity index (χ1) is 18.1. The number of hydrogen-bond acceptors (Lipinski definition) is 6. The molecule has 0 bridgehead atoms. The number of phenolic OH excluding ortho intramolecular Hbond substituents is 1. The van der Waals surface area contributed by atoms with Gasteiger partial charge in [-0.1, -0.05) is 48.0 Å². The molecule has 6 atom stereocenters. The number of aryl methyl sites for hydroxylation is 1. The molecule has 4 aliphatic rings. The maximum absolute atomic E-state index is 14.2. The van der Waals surface area contributed by atoms with Crippen molar-refractivity contribution in [1.82, 2.24) is 4.90 Å². The molecule has 2 saturated heterocycles. The summed E-state index contributed by atoms with van der Waals surface area (Å²) in [5, 5.41) is 11.2.